The van der Waals surface area contributed by atoms with Crippen LogP contribution in [-0.4, -0.2) is 35.4 Å². The van der Waals surface area contributed by atoms with Gasteiger partial charge < -0.3 is 9.64 Å². The zero-order valence-corrected chi connectivity index (χ0v) is 17.7. The molecule has 0 saturated carbocycles. The zero-order chi connectivity index (χ0) is 20.1. The highest BCUT2D eigenvalue weighted by Crippen LogP contribution is 2.25. The van der Waals surface area contributed by atoms with E-state index >= 15 is 0 Å². The quantitative estimate of drug-likeness (QED) is 0.543. The Bertz CT molecular complexity index is 964. The van der Waals surface area contributed by atoms with Crippen molar-refractivity contribution < 1.29 is 14.3 Å². The molecule has 0 aliphatic heterocycles. The Morgan fingerprint density at radius 1 is 1.18 bits per heavy atom. The minimum Gasteiger partial charge on any atom is -0.455 e. The summed E-state index contributed by atoms with van der Waals surface area (Å²) in [7, 11) is 1.71. The van der Waals surface area contributed by atoms with Crippen LogP contribution in [0.3, 0.4) is 0 Å². The number of carbonyl (C=O) groups excluding carboxylic acids is 2. The van der Waals surface area contributed by atoms with Gasteiger partial charge in [0.05, 0.1) is 12.1 Å². The van der Waals surface area contributed by atoms with E-state index in [2.05, 4.69) is 11.1 Å². The van der Waals surface area contributed by atoms with Gasteiger partial charge in [0.2, 0.25) is 0 Å². The number of ether oxygens (including phenoxy) is 1. The molecule has 28 heavy (non-hydrogen) atoms. The molecule has 146 valence electrons. The number of nitrogens with zero attached hydrogens (tertiary/aromatic N) is 2. The molecular weight excluding hydrogens is 392 g/mol. The number of thiophene rings is 1. The third-order valence-corrected chi connectivity index (χ3v) is 5.96. The van der Waals surface area contributed by atoms with Crippen molar-refractivity contribution in [3.8, 4) is 10.6 Å². The number of aryl methyl sites for hydroxylation is 2. The molecule has 1 amide bonds. The van der Waals surface area contributed by atoms with Crippen LogP contribution in [0, 0.1) is 13.8 Å². The average molecular weight is 415 g/mol. The summed E-state index contributed by atoms with van der Waals surface area (Å²) in [5.41, 5.74) is 5.12. The SMILES string of the molecule is Cc1ccc(CN(C)C(=O)COC(=O)Cc2csc(-c3ccsc3)n2)c(C)c1. The second-order valence-electron chi connectivity index (χ2n) is 6.67. The summed E-state index contributed by atoms with van der Waals surface area (Å²) in [4.78, 5) is 30.4. The Morgan fingerprint density at radius 3 is 2.71 bits per heavy atom. The number of rotatable bonds is 7. The maximum atomic E-state index is 12.3. The lowest BCUT2D eigenvalue weighted by atomic mass is 10.1. The Hall–Kier alpha value is -2.51. The number of carbonyl (C=O) groups is 2. The van der Waals surface area contributed by atoms with E-state index in [-0.39, 0.29) is 18.9 Å². The van der Waals surface area contributed by atoms with Crippen molar-refractivity contribution in [2.24, 2.45) is 0 Å². The highest BCUT2D eigenvalue weighted by molar-refractivity contribution is 7.14. The summed E-state index contributed by atoms with van der Waals surface area (Å²) in [6, 6.07) is 8.13. The first kappa shape index (κ1) is 20.2. The van der Waals surface area contributed by atoms with E-state index in [1.54, 1.807) is 23.3 Å². The first-order chi connectivity index (χ1) is 13.4. The van der Waals surface area contributed by atoms with E-state index in [1.165, 1.54) is 16.9 Å². The number of amides is 1. The molecule has 2 aromatic heterocycles. The van der Waals surface area contributed by atoms with E-state index in [0.29, 0.717) is 12.2 Å². The standard InChI is InChI=1S/C21H22N2O3S2/c1-14-4-5-16(15(2)8-14)10-23(3)19(24)11-26-20(25)9-18-13-28-21(22-18)17-6-7-27-12-17/h4-8,12-13H,9-11H2,1-3H3. The zero-order valence-electron chi connectivity index (χ0n) is 16.1. The topological polar surface area (TPSA) is 59.5 Å². The molecule has 0 aliphatic rings. The molecule has 0 saturated heterocycles. The molecule has 0 spiro atoms. The van der Waals surface area contributed by atoms with Crippen LogP contribution >= 0.6 is 22.7 Å². The van der Waals surface area contributed by atoms with Crippen molar-refractivity contribution in [1.82, 2.24) is 9.88 Å². The van der Waals surface area contributed by atoms with Crippen molar-refractivity contribution in [1.29, 1.82) is 0 Å². The van der Waals surface area contributed by atoms with E-state index in [4.69, 9.17) is 4.74 Å². The molecule has 3 rings (SSSR count). The normalized spacial score (nSPS) is 10.7. The van der Waals surface area contributed by atoms with Crippen LogP contribution in [0.1, 0.15) is 22.4 Å². The van der Waals surface area contributed by atoms with Crippen LogP contribution in [0.4, 0.5) is 0 Å². The van der Waals surface area contributed by atoms with Gasteiger partial charge in [-0.15, -0.1) is 11.3 Å². The smallest absolute Gasteiger partial charge is 0.312 e. The fourth-order valence-electron chi connectivity index (χ4n) is 2.73. The van der Waals surface area contributed by atoms with Crippen molar-refractivity contribution in [3.63, 3.8) is 0 Å². The lowest BCUT2D eigenvalue weighted by Gasteiger charge is -2.18. The third-order valence-electron chi connectivity index (χ3n) is 4.33. The van der Waals surface area contributed by atoms with Crippen molar-refractivity contribution in [2.45, 2.75) is 26.8 Å². The third kappa shape index (κ3) is 5.27. The van der Waals surface area contributed by atoms with Gasteiger partial charge >= 0.3 is 5.97 Å². The Balaban J connectivity index is 1.47. The molecule has 3 aromatic rings. The summed E-state index contributed by atoms with van der Waals surface area (Å²) in [6.07, 6.45) is 0.0642. The molecular formula is C21H22N2O3S2. The van der Waals surface area contributed by atoms with Crippen LogP contribution < -0.4 is 0 Å². The molecule has 0 bridgehead atoms. The van der Waals surface area contributed by atoms with E-state index in [9.17, 15) is 9.59 Å². The number of aromatic nitrogens is 1. The summed E-state index contributed by atoms with van der Waals surface area (Å²) < 4.78 is 5.15. The fourth-order valence-corrected chi connectivity index (χ4v) is 4.26. The second kappa shape index (κ2) is 9.12. The van der Waals surface area contributed by atoms with Crippen LogP contribution in [0.25, 0.3) is 10.6 Å². The monoisotopic (exact) mass is 414 g/mol. The number of likely N-dealkylation sites (N-methyl/N-ethyl adjacent to an activating group) is 1. The van der Waals surface area contributed by atoms with Crippen molar-refractivity contribution >= 4 is 34.6 Å². The number of esters is 1. The van der Waals surface area contributed by atoms with Gasteiger partial charge in [-0.05, 0) is 36.4 Å². The van der Waals surface area contributed by atoms with Gasteiger partial charge in [0, 0.05) is 29.9 Å². The summed E-state index contributed by atoms with van der Waals surface area (Å²) in [5.74, 6) is -0.680. The Labute approximate surface area is 172 Å². The van der Waals surface area contributed by atoms with Crippen molar-refractivity contribution in [3.05, 3.63) is 62.8 Å². The van der Waals surface area contributed by atoms with Crippen LogP contribution in [0.2, 0.25) is 0 Å². The average Bonchev–Trinajstić information content (AvgIpc) is 3.33. The van der Waals surface area contributed by atoms with Crippen molar-refractivity contribution in [2.75, 3.05) is 13.7 Å². The molecule has 7 heteroatoms. The van der Waals surface area contributed by atoms with Gasteiger partial charge in [0.25, 0.3) is 5.91 Å². The lowest BCUT2D eigenvalue weighted by Crippen LogP contribution is -2.31. The number of thiazole rings is 1. The van der Waals surface area contributed by atoms with Gasteiger partial charge in [0.15, 0.2) is 6.61 Å². The Morgan fingerprint density at radius 2 is 2.00 bits per heavy atom. The van der Waals surface area contributed by atoms with Gasteiger partial charge in [0.1, 0.15) is 5.01 Å². The highest BCUT2D eigenvalue weighted by Gasteiger charge is 2.15. The predicted molar refractivity (Wildman–Crippen MR) is 112 cm³/mol. The highest BCUT2D eigenvalue weighted by atomic mass is 32.1. The van der Waals surface area contributed by atoms with Gasteiger partial charge in [-0.2, -0.15) is 11.3 Å². The molecule has 0 fully saturated rings. The summed E-state index contributed by atoms with van der Waals surface area (Å²) in [6.45, 7) is 4.29. The lowest BCUT2D eigenvalue weighted by molar-refractivity contribution is -0.151. The van der Waals surface area contributed by atoms with Crippen LogP contribution in [0.5, 0.6) is 0 Å². The maximum Gasteiger partial charge on any atom is 0.312 e. The Kier molecular flexibility index (Phi) is 6.59. The summed E-state index contributed by atoms with van der Waals surface area (Å²) >= 11 is 3.10. The van der Waals surface area contributed by atoms with E-state index in [1.807, 2.05) is 48.2 Å². The molecule has 0 atom stereocenters. The van der Waals surface area contributed by atoms with Crippen LogP contribution in [-0.2, 0) is 27.3 Å². The van der Waals surface area contributed by atoms with E-state index < -0.39 is 5.97 Å². The van der Waals surface area contributed by atoms with E-state index in [0.717, 1.165) is 21.7 Å². The predicted octanol–water partition coefficient (Wildman–Crippen LogP) is 4.23. The summed E-state index contributed by atoms with van der Waals surface area (Å²) in [5, 5.41) is 6.74. The first-order valence-electron chi connectivity index (χ1n) is 8.85. The second-order valence-corrected chi connectivity index (χ2v) is 8.31. The number of hydrogen-bond acceptors (Lipinski definition) is 6. The minimum absolute atomic E-state index is 0.0642. The molecule has 0 unspecified atom stereocenters. The molecule has 1 aromatic carbocycles. The maximum absolute atomic E-state index is 12.3. The molecule has 0 aliphatic carbocycles. The van der Waals surface area contributed by atoms with Crippen LogP contribution in [0.15, 0.2) is 40.4 Å². The molecule has 0 radical (unpaired) electrons. The fraction of sp³-hybridized carbons (Fsp3) is 0.286. The first-order valence-corrected chi connectivity index (χ1v) is 10.7. The molecule has 0 N–H and O–H groups in total. The number of benzene rings is 1. The molecule has 2 heterocycles. The molecule has 5 nitrogen and oxygen atoms in total. The minimum atomic E-state index is -0.449. The van der Waals surface area contributed by atoms with Gasteiger partial charge in [-0.1, -0.05) is 23.8 Å². The number of hydrogen-bond donors (Lipinski definition) is 0. The van der Waals surface area contributed by atoms with Gasteiger partial charge in [-0.3, -0.25) is 9.59 Å². The van der Waals surface area contributed by atoms with Gasteiger partial charge in [-0.25, -0.2) is 4.98 Å². The largest absolute Gasteiger partial charge is 0.455 e.